The van der Waals surface area contributed by atoms with Gasteiger partial charge in [-0.2, -0.15) is 0 Å². The normalized spacial score (nSPS) is 11.1. The van der Waals surface area contributed by atoms with Crippen molar-refractivity contribution in [3.05, 3.63) is 72.7 Å². The number of thiazole rings is 1. The minimum Gasteiger partial charge on any atom is -0.321 e. The van der Waals surface area contributed by atoms with E-state index in [0.29, 0.717) is 36.1 Å². The molecule has 0 saturated carbocycles. The number of anilines is 1. The molecule has 2 aromatic carbocycles. The Morgan fingerprint density at radius 1 is 1.20 bits per heavy atom. The van der Waals surface area contributed by atoms with E-state index in [4.69, 9.17) is 23.8 Å². The van der Waals surface area contributed by atoms with Crippen LogP contribution < -0.4 is 10.9 Å². The largest absolute Gasteiger partial charge is 0.321 e. The predicted molar refractivity (Wildman–Crippen MR) is 104 cm³/mol. The van der Waals surface area contributed by atoms with E-state index in [0.717, 1.165) is 11.3 Å². The quantitative estimate of drug-likeness (QED) is 0.498. The Hall–Kier alpha value is -2.48. The van der Waals surface area contributed by atoms with Crippen LogP contribution in [0.5, 0.6) is 0 Å². The number of para-hydroxylation sites is 1. The number of rotatable bonds is 2. The first kappa shape index (κ1) is 16.0. The van der Waals surface area contributed by atoms with Gasteiger partial charge in [-0.25, -0.2) is 0 Å². The van der Waals surface area contributed by atoms with Crippen molar-refractivity contribution in [2.45, 2.75) is 0 Å². The molecule has 8 heteroatoms. The number of fused-ring (bicyclic) bond motifs is 3. The lowest BCUT2D eigenvalue weighted by atomic mass is 10.2. The fourth-order valence-electron chi connectivity index (χ4n) is 2.63. The standard InChI is InChI=1S/C17H10ClN3O2S2/c18-9-6-7-12-11(8-9)15(22)20-14-13(25-17(24)21(12)14)16(23)19-10-4-2-1-3-5-10/h1-8H,(H,19,23)(H,20,22). The van der Waals surface area contributed by atoms with Gasteiger partial charge in [-0.1, -0.05) is 41.1 Å². The van der Waals surface area contributed by atoms with E-state index >= 15 is 0 Å². The summed E-state index contributed by atoms with van der Waals surface area (Å²) in [5, 5.41) is 3.69. The van der Waals surface area contributed by atoms with E-state index < -0.39 is 0 Å². The molecule has 5 nitrogen and oxygen atoms in total. The van der Waals surface area contributed by atoms with Crippen molar-refractivity contribution in [1.82, 2.24) is 9.38 Å². The maximum Gasteiger partial charge on any atom is 0.269 e. The number of nitrogens with zero attached hydrogens (tertiary/aromatic N) is 1. The molecule has 25 heavy (non-hydrogen) atoms. The number of carbonyl (C=O) groups is 1. The van der Waals surface area contributed by atoms with Gasteiger partial charge in [-0.15, -0.1) is 0 Å². The van der Waals surface area contributed by atoms with Gasteiger partial charge in [0.05, 0.1) is 10.9 Å². The fraction of sp³-hybridized carbons (Fsp3) is 0. The zero-order valence-corrected chi connectivity index (χ0v) is 15.0. The van der Waals surface area contributed by atoms with Crippen LogP contribution in [0, 0.1) is 3.95 Å². The molecule has 1 amide bonds. The van der Waals surface area contributed by atoms with Crippen molar-refractivity contribution in [3.63, 3.8) is 0 Å². The first-order valence-electron chi connectivity index (χ1n) is 7.28. The third kappa shape index (κ3) is 2.76. The number of aromatic amines is 1. The van der Waals surface area contributed by atoms with Gasteiger partial charge >= 0.3 is 0 Å². The molecule has 0 aliphatic carbocycles. The molecule has 0 fully saturated rings. The Morgan fingerprint density at radius 3 is 2.72 bits per heavy atom. The molecule has 0 atom stereocenters. The number of nitrogens with one attached hydrogen (secondary N) is 2. The average molecular weight is 388 g/mol. The second kappa shape index (κ2) is 6.11. The van der Waals surface area contributed by atoms with Crippen molar-refractivity contribution in [1.29, 1.82) is 0 Å². The molecule has 2 heterocycles. The number of carbonyl (C=O) groups excluding carboxylic acids is 1. The number of benzene rings is 2. The summed E-state index contributed by atoms with van der Waals surface area (Å²) in [5.41, 5.74) is 1.34. The van der Waals surface area contributed by atoms with Crippen LogP contribution in [0.4, 0.5) is 5.69 Å². The van der Waals surface area contributed by atoms with E-state index in [1.807, 2.05) is 18.2 Å². The second-order valence-corrected chi connectivity index (χ2v) is 7.40. The van der Waals surface area contributed by atoms with Crippen LogP contribution in [0.25, 0.3) is 16.6 Å². The summed E-state index contributed by atoms with van der Waals surface area (Å²) in [4.78, 5) is 28.1. The molecule has 4 aromatic rings. The van der Waals surface area contributed by atoms with Crippen LogP contribution in [0.2, 0.25) is 5.02 Å². The number of hydrogen-bond donors (Lipinski definition) is 2. The van der Waals surface area contributed by atoms with Crippen molar-refractivity contribution in [3.8, 4) is 0 Å². The number of amides is 1. The summed E-state index contributed by atoms with van der Waals surface area (Å²) in [7, 11) is 0. The monoisotopic (exact) mass is 387 g/mol. The molecule has 2 N–H and O–H groups in total. The van der Waals surface area contributed by atoms with Gasteiger partial charge in [0.15, 0.2) is 3.95 Å². The minimum atomic E-state index is -0.325. The first-order chi connectivity index (χ1) is 12.0. The maximum absolute atomic E-state index is 12.6. The molecule has 0 radical (unpaired) electrons. The summed E-state index contributed by atoms with van der Waals surface area (Å²) >= 11 is 12.5. The van der Waals surface area contributed by atoms with Crippen molar-refractivity contribution >= 4 is 63.3 Å². The Labute approximate surface area is 155 Å². The molecule has 2 aromatic heterocycles. The molecule has 0 aliphatic heterocycles. The Morgan fingerprint density at radius 2 is 1.96 bits per heavy atom. The molecule has 124 valence electrons. The highest BCUT2D eigenvalue weighted by atomic mass is 35.5. The molecule has 4 rings (SSSR count). The number of H-pyrrole nitrogens is 1. The molecular weight excluding hydrogens is 378 g/mol. The second-order valence-electron chi connectivity index (χ2n) is 5.32. The van der Waals surface area contributed by atoms with E-state index in [1.165, 1.54) is 0 Å². The van der Waals surface area contributed by atoms with Crippen molar-refractivity contribution in [2.24, 2.45) is 0 Å². The zero-order chi connectivity index (χ0) is 17.6. The van der Waals surface area contributed by atoms with Gasteiger partial charge in [0.1, 0.15) is 10.5 Å². The highest BCUT2D eigenvalue weighted by molar-refractivity contribution is 7.73. The SMILES string of the molecule is O=C(Nc1ccccc1)c1sc(=S)n2c1[nH]c(=O)c1cc(Cl)ccc12. The third-order valence-corrected chi connectivity index (χ3v) is 5.33. The van der Waals surface area contributed by atoms with Crippen LogP contribution >= 0.6 is 35.2 Å². The number of halogens is 1. The summed E-state index contributed by atoms with van der Waals surface area (Å²) in [5.74, 6) is -0.325. The predicted octanol–water partition coefficient (Wildman–Crippen LogP) is 4.48. The maximum atomic E-state index is 12.6. The van der Waals surface area contributed by atoms with Crippen LogP contribution in [0.3, 0.4) is 0 Å². The van der Waals surface area contributed by atoms with E-state index in [9.17, 15) is 9.59 Å². The zero-order valence-electron chi connectivity index (χ0n) is 12.6. The van der Waals surface area contributed by atoms with Gasteiger partial charge in [0.2, 0.25) is 0 Å². The summed E-state index contributed by atoms with van der Waals surface area (Å²) in [6, 6.07) is 14.1. The number of hydrogen-bond acceptors (Lipinski definition) is 4. The van der Waals surface area contributed by atoms with Gasteiger partial charge in [0, 0.05) is 10.7 Å². The van der Waals surface area contributed by atoms with Gasteiger partial charge in [0.25, 0.3) is 11.5 Å². The van der Waals surface area contributed by atoms with Crippen LogP contribution in [-0.2, 0) is 0 Å². The Balaban J connectivity index is 1.93. The van der Waals surface area contributed by atoms with Crippen molar-refractivity contribution in [2.75, 3.05) is 5.32 Å². The highest BCUT2D eigenvalue weighted by Crippen LogP contribution is 2.25. The average Bonchev–Trinajstić information content (AvgIpc) is 2.93. The highest BCUT2D eigenvalue weighted by Gasteiger charge is 2.18. The first-order valence-corrected chi connectivity index (χ1v) is 8.88. The van der Waals surface area contributed by atoms with Crippen LogP contribution in [0.1, 0.15) is 9.67 Å². The minimum absolute atomic E-state index is 0.320. The molecule has 0 spiro atoms. The van der Waals surface area contributed by atoms with E-state index in [-0.39, 0.29) is 11.5 Å². The Kier molecular flexibility index (Phi) is 3.91. The van der Waals surface area contributed by atoms with Gasteiger partial charge < -0.3 is 10.3 Å². The summed E-state index contributed by atoms with van der Waals surface area (Å²) in [6.45, 7) is 0. The molecule has 0 bridgehead atoms. The van der Waals surface area contributed by atoms with E-state index in [1.54, 1.807) is 34.7 Å². The molecular formula is C17H10ClN3O2S2. The van der Waals surface area contributed by atoms with Crippen LogP contribution in [0.15, 0.2) is 53.3 Å². The van der Waals surface area contributed by atoms with Gasteiger partial charge in [-0.3, -0.25) is 14.0 Å². The summed E-state index contributed by atoms with van der Waals surface area (Å²) in [6.07, 6.45) is 0. The lowest BCUT2D eigenvalue weighted by molar-refractivity contribution is 0.103. The molecule has 0 unspecified atom stereocenters. The smallest absolute Gasteiger partial charge is 0.269 e. The van der Waals surface area contributed by atoms with Crippen LogP contribution in [-0.4, -0.2) is 15.3 Å². The summed E-state index contributed by atoms with van der Waals surface area (Å²) < 4.78 is 2.16. The van der Waals surface area contributed by atoms with E-state index in [2.05, 4.69) is 10.3 Å². The topological polar surface area (TPSA) is 66.4 Å². The number of aromatic nitrogens is 2. The van der Waals surface area contributed by atoms with Gasteiger partial charge in [-0.05, 0) is 42.5 Å². The Bertz CT molecular complexity index is 1240. The lowest BCUT2D eigenvalue weighted by Gasteiger charge is -2.05. The van der Waals surface area contributed by atoms with Crippen molar-refractivity contribution < 1.29 is 4.79 Å². The molecule has 0 saturated heterocycles. The fourth-order valence-corrected chi connectivity index (χ4v) is 4.08. The lowest BCUT2D eigenvalue weighted by Crippen LogP contribution is -2.14. The third-order valence-electron chi connectivity index (χ3n) is 3.72. The molecule has 0 aliphatic rings.